The second-order valence-corrected chi connectivity index (χ2v) is 3.17. The van der Waals surface area contributed by atoms with Crippen molar-refractivity contribution in [3.63, 3.8) is 0 Å². The molecule has 90 valence electrons. The molecule has 0 amide bonds. The molecule has 6 heteroatoms. The number of carbonyl (C=O) groups is 3. The van der Waals surface area contributed by atoms with Crippen LogP contribution in [-0.4, -0.2) is 24.6 Å². The van der Waals surface area contributed by atoms with Crippen LogP contribution in [-0.2, 0) is 14.3 Å². The van der Waals surface area contributed by atoms with Crippen LogP contribution in [0.4, 0.5) is 8.78 Å². The SMILES string of the molecule is COC(=O)C(=O)CC(=O)c1cc(F)cc(F)c1. The monoisotopic (exact) mass is 242 g/mol. The molecule has 0 atom stereocenters. The van der Waals surface area contributed by atoms with E-state index in [0.29, 0.717) is 6.07 Å². The third-order valence-electron chi connectivity index (χ3n) is 1.92. The molecule has 1 aromatic rings. The summed E-state index contributed by atoms with van der Waals surface area (Å²) in [6, 6.07) is 2.17. The average molecular weight is 242 g/mol. The number of benzene rings is 1. The number of ether oxygens (including phenoxy) is 1. The Morgan fingerprint density at radius 1 is 1.12 bits per heavy atom. The van der Waals surface area contributed by atoms with Crippen LogP contribution in [0, 0.1) is 11.6 Å². The zero-order valence-electron chi connectivity index (χ0n) is 8.83. The summed E-state index contributed by atoms with van der Waals surface area (Å²) in [6.45, 7) is 0. The van der Waals surface area contributed by atoms with E-state index in [4.69, 9.17) is 0 Å². The molecule has 0 heterocycles. The Morgan fingerprint density at radius 3 is 2.12 bits per heavy atom. The zero-order valence-corrected chi connectivity index (χ0v) is 8.83. The normalized spacial score (nSPS) is 9.82. The number of esters is 1. The van der Waals surface area contributed by atoms with Crippen molar-refractivity contribution in [1.82, 2.24) is 0 Å². The van der Waals surface area contributed by atoms with Gasteiger partial charge in [0.25, 0.3) is 0 Å². The van der Waals surface area contributed by atoms with Crippen molar-refractivity contribution < 1.29 is 27.9 Å². The van der Waals surface area contributed by atoms with E-state index in [1.165, 1.54) is 0 Å². The van der Waals surface area contributed by atoms with Gasteiger partial charge in [0, 0.05) is 11.6 Å². The number of hydrogen-bond acceptors (Lipinski definition) is 4. The van der Waals surface area contributed by atoms with E-state index in [1.807, 2.05) is 0 Å². The highest BCUT2D eigenvalue weighted by Gasteiger charge is 2.20. The first-order valence-corrected chi connectivity index (χ1v) is 4.54. The maximum absolute atomic E-state index is 12.8. The average Bonchev–Trinajstić information content (AvgIpc) is 2.26. The molecule has 0 unspecified atom stereocenters. The van der Waals surface area contributed by atoms with Crippen molar-refractivity contribution in [2.45, 2.75) is 6.42 Å². The van der Waals surface area contributed by atoms with Crippen molar-refractivity contribution in [3.05, 3.63) is 35.4 Å². The van der Waals surface area contributed by atoms with Crippen LogP contribution in [0.15, 0.2) is 18.2 Å². The van der Waals surface area contributed by atoms with E-state index in [1.54, 1.807) is 0 Å². The molecule has 0 saturated heterocycles. The second-order valence-electron chi connectivity index (χ2n) is 3.17. The fourth-order valence-electron chi connectivity index (χ4n) is 1.15. The summed E-state index contributed by atoms with van der Waals surface area (Å²) in [5.74, 6) is -4.95. The van der Waals surface area contributed by atoms with Gasteiger partial charge in [-0.1, -0.05) is 0 Å². The Morgan fingerprint density at radius 2 is 1.65 bits per heavy atom. The highest BCUT2D eigenvalue weighted by molar-refractivity contribution is 6.38. The van der Waals surface area contributed by atoms with Crippen LogP contribution in [0.1, 0.15) is 16.8 Å². The standard InChI is InChI=1S/C11H8F2O4/c1-17-11(16)10(15)5-9(14)6-2-7(12)4-8(13)3-6/h2-4H,5H2,1H3. The Bertz CT molecular complexity index is 462. The zero-order chi connectivity index (χ0) is 13.0. The van der Waals surface area contributed by atoms with Crippen LogP contribution in [0.3, 0.4) is 0 Å². The molecule has 0 aromatic heterocycles. The van der Waals surface area contributed by atoms with Crippen molar-refractivity contribution in [1.29, 1.82) is 0 Å². The molecule has 0 fully saturated rings. The van der Waals surface area contributed by atoms with Crippen LogP contribution in [0.2, 0.25) is 0 Å². The maximum Gasteiger partial charge on any atom is 0.374 e. The highest BCUT2D eigenvalue weighted by atomic mass is 19.1. The lowest BCUT2D eigenvalue weighted by atomic mass is 10.1. The minimum absolute atomic E-state index is 0.306. The molecule has 17 heavy (non-hydrogen) atoms. The van der Waals surface area contributed by atoms with E-state index in [9.17, 15) is 23.2 Å². The molecular weight excluding hydrogens is 234 g/mol. The molecule has 0 aliphatic rings. The van der Waals surface area contributed by atoms with E-state index in [2.05, 4.69) is 4.74 Å². The van der Waals surface area contributed by atoms with Gasteiger partial charge in [-0.15, -0.1) is 0 Å². The second kappa shape index (κ2) is 5.29. The minimum Gasteiger partial charge on any atom is -0.463 e. The topological polar surface area (TPSA) is 60.4 Å². The molecule has 4 nitrogen and oxygen atoms in total. The van der Waals surface area contributed by atoms with Gasteiger partial charge in [0.05, 0.1) is 13.5 Å². The van der Waals surface area contributed by atoms with Crippen molar-refractivity contribution in [3.8, 4) is 0 Å². The molecule has 0 saturated carbocycles. The van der Waals surface area contributed by atoms with Gasteiger partial charge in [-0.25, -0.2) is 13.6 Å². The summed E-state index contributed by atoms with van der Waals surface area (Å²) in [7, 11) is 0.993. The third-order valence-corrected chi connectivity index (χ3v) is 1.92. The summed E-state index contributed by atoms with van der Waals surface area (Å²) >= 11 is 0. The van der Waals surface area contributed by atoms with E-state index in [0.717, 1.165) is 19.2 Å². The molecule has 0 radical (unpaired) electrons. The quantitative estimate of drug-likeness (QED) is 0.345. The van der Waals surface area contributed by atoms with Gasteiger partial charge >= 0.3 is 5.97 Å². The third kappa shape index (κ3) is 3.44. The van der Waals surface area contributed by atoms with Crippen molar-refractivity contribution in [2.75, 3.05) is 7.11 Å². The van der Waals surface area contributed by atoms with Gasteiger partial charge in [0.2, 0.25) is 5.78 Å². The molecule has 0 aliphatic heterocycles. The first-order chi connectivity index (χ1) is 7.93. The van der Waals surface area contributed by atoms with Gasteiger partial charge in [-0.05, 0) is 12.1 Å². The highest BCUT2D eigenvalue weighted by Crippen LogP contribution is 2.10. The van der Waals surface area contributed by atoms with Crippen molar-refractivity contribution in [2.24, 2.45) is 0 Å². The first kappa shape index (κ1) is 13.0. The van der Waals surface area contributed by atoms with Gasteiger partial charge in [-0.2, -0.15) is 0 Å². The summed E-state index contributed by atoms with van der Waals surface area (Å²) in [5, 5.41) is 0. The number of carbonyl (C=O) groups excluding carboxylic acids is 3. The van der Waals surface area contributed by atoms with E-state index < -0.39 is 35.6 Å². The Hall–Kier alpha value is -2.11. The number of hydrogen-bond donors (Lipinski definition) is 0. The maximum atomic E-state index is 12.8. The van der Waals surface area contributed by atoms with Crippen molar-refractivity contribution >= 4 is 17.5 Å². The van der Waals surface area contributed by atoms with Crippen LogP contribution in [0.5, 0.6) is 0 Å². The summed E-state index contributed by atoms with van der Waals surface area (Å²) in [4.78, 5) is 33.2. The van der Waals surface area contributed by atoms with E-state index >= 15 is 0 Å². The molecule has 0 spiro atoms. The number of halogens is 2. The lowest BCUT2D eigenvalue weighted by Gasteiger charge is -2.00. The number of methoxy groups -OCH3 is 1. The van der Waals surface area contributed by atoms with Crippen LogP contribution in [0.25, 0.3) is 0 Å². The number of ketones is 2. The lowest BCUT2D eigenvalue weighted by molar-refractivity contribution is -0.151. The molecule has 0 N–H and O–H groups in total. The fourth-order valence-corrected chi connectivity index (χ4v) is 1.15. The predicted molar refractivity (Wildman–Crippen MR) is 52.3 cm³/mol. The van der Waals surface area contributed by atoms with Gasteiger partial charge in [0.15, 0.2) is 5.78 Å². The van der Waals surface area contributed by atoms with Crippen LogP contribution < -0.4 is 0 Å². The number of rotatable bonds is 4. The largest absolute Gasteiger partial charge is 0.463 e. The molecule has 1 aromatic carbocycles. The number of Topliss-reactive ketones (excluding diaryl/α,β-unsaturated/α-hetero) is 2. The summed E-state index contributed by atoms with van der Waals surface area (Å²) < 4.78 is 29.7. The molecule has 1 rings (SSSR count). The van der Waals surface area contributed by atoms with Crippen LogP contribution >= 0.6 is 0 Å². The summed E-state index contributed by atoms with van der Waals surface area (Å²) in [6.07, 6.45) is -0.782. The smallest absolute Gasteiger partial charge is 0.374 e. The lowest BCUT2D eigenvalue weighted by Crippen LogP contribution is -2.19. The van der Waals surface area contributed by atoms with Gasteiger partial charge in [-0.3, -0.25) is 9.59 Å². The minimum atomic E-state index is -1.17. The predicted octanol–water partition coefficient (Wildman–Crippen LogP) is 1.28. The van der Waals surface area contributed by atoms with Gasteiger partial charge < -0.3 is 4.74 Å². The first-order valence-electron chi connectivity index (χ1n) is 4.54. The molecular formula is C11H8F2O4. The Kier molecular flexibility index (Phi) is 4.03. The molecule has 0 aliphatic carbocycles. The fraction of sp³-hybridized carbons (Fsp3) is 0.182. The van der Waals surface area contributed by atoms with E-state index in [-0.39, 0.29) is 5.56 Å². The summed E-state index contributed by atoms with van der Waals surface area (Å²) in [5.41, 5.74) is -0.306. The Balaban J connectivity index is 2.83. The van der Waals surface area contributed by atoms with Gasteiger partial charge in [0.1, 0.15) is 11.6 Å². The Labute approximate surface area is 95.2 Å². The molecule has 0 bridgehead atoms.